The van der Waals surface area contributed by atoms with Crippen LogP contribution in [0.4, 0.5) is 0 Å². The van der Waals surface area contributed by atoms with Gasteiger partial charge < -0.3 is 10.1 Å². The molecule has 0 spiro atoms. The zero-order valence-electron chi connectivity index (χ0n) is 13.1. The maximum Gasteiger partial charge on any atom is 0.237 e. The number of carbonyl (C=O) groups excluding carboxylic acids is 1. The number of carbonyl (C=O) groups is 1. The minimum atomic E-state index is -0.221. The van der Waals surface area contributed by atoms with Gasteiger partial charge in [-0.05, 0) is 44.9 Å². The summed E-state index contributed by atoms with van der Waals surface area (Å²) in [6.45, 7) is 8.01. The standard InChI is InChI=1S/C16H26N2O2/c1-6-11(2)17-16(19)13(4)18-12(3)14-7-9-15(20-5)10-8-14/h7-13,18H,6H2,1-5H3,(H,17,19). The number of benzene rings is 1. The highest BCUT2D eigenvalue weighted by molar-refractivity contribution is 5.81. The molecule has 0 radical (unpaired) electrons. The summed E-state index contributed by atoms with van der Waals surface area (Å²) in [6.07, 6.45) is 0.937. The topological polar surface area (TPSA) is 50.4 Å². The number of hydrogen-bond acceptors (Lipinski definition) is 3. The van der Waals surface area contributed by atoms with E-state index in [4.69, 9.17) is 4.74 Å². The van der Waals surface area contributed by atoms with Crippen LogP contribution in [0.2, 0.25) is 0 Å². The molecule has 3 atom stereocenters. The predicted octanol–water partition coefficient (Wildman–Crippen LogP) is 2.65. The van der Waals surface area contributed by atoms with Crippen molar-refractivity contribution in [2.24, 2.45) is 0 Å². The molecule has 0 aromatic heterocycles. The van der Waals surface area contributed by atoms with Gasteiger partial charge in [-0.25, -0.2) is 0 Å². The summed E-state index contributed by atoms with van der Waals surface area (Å²) in [5.74, 6) is 0.878. The van der Waals surface area contributed by atoms with Gasteiger partial charge in [0, 0.05) is 12.1 Å². The molecule has 3 unspecified atom stereocenters. The molecule has 0 bridgehead atoms. The van der Waals surface area contributed by atoms with E-state index in [2.05, 4.69) is 24.5 Å². The van der Waals surface area contributed by atoms with Gasteiger partial charge in [0.1, 0.15) is 5.75 Å². The summed E-state index contributed by atoms with van der Waals surface area (Å²) in [6, 6.07) is 7.98. The third-order valence-corrected chi connectivity index (χ3v) is 3.51. The van der Waals surface area contributed by atoms with E-state index in [1.54, 1.807) is 7.11 Å². The molecule has 0 saturated heterocycles. The Bertz CT molecular complexity index is 417. The molecule has 1 amide bonds. The smallest absolute Gasteiger partial charge is 0.237 e. The largest absolute Gasteiger partial charge is 0.497 e. The van der Waals surface area contributed by atoms with Crippen LogP contribution in [0.25, 0.3) is 0 Å². The van der Waals surface area contributed by atoms with Gasteiger partial charge in [0.2, 0.25) is 5.91 Å². The quantitative estimate of drug-likeness (QED) is 0.806. The highest BCUT2D eigenvalue weighted by Gasteiger charge is 2.17. The van der Waals surface area contributed by atoms with Crippen molar-refractivity contribution in [3.63, 3.8) is 0 Å². The van der Waals surface area contributed by atoms with Crippen molar-refractivity contribution in [3.8, 4) is 5.75 Å². The first-order chi connectivity index (χ1) is 9.47. The fraction of sp³-hybridized carbons (Fsp3) is 0.562. The van der Waals surface area contributed by atoms with Crippen molar-refractivity contribution in [3.05, 3.63) is 29.8 Å². The number of hydrogen-bond donors (Lipinski definition) is 2. The average Bonchev–Trinajstić information content (AvgIpc) is 2.46. The van der Waals surface area contributed by atoms with Crippen LogP contribution in [0.5, 0.6) is 5.75 Å². The predicted molar refractivity (Wildman–Crippen MR) is 81.9 cm³/mol. The van der Waals surface area contributed by atoms with Crippen LogP contribution in [0.15, 0.2) is 24.3 Å². The second-order valence-corrected chi connectivity index (χ2v) is 5.20. The van der Waals surface area contributed by atoms with Gasteiger partial charge in [0.25, 0.3) is 0 Å². The normalized spacial score (nSPS) is 15.2. The van der Waals surface area contributed by atoms with Crippen molar-refractivity contribution in [2.45, 2.75) is 52.2 Å². The van der Waals surface area contributed by atoms with Crippen molar-refractivity contribution >= 4 is 5.91 Å². The Morgan fingerprint density at radius 2 is 1.80 bits per heavy atom. The third-order valence-electron chi connectivity index (χ3n) is 3.51. The lowest BCUT2D eigenvalue weighted by atomic mass is 10.1. The lowest BCUT2D eigenvalue weighted by Crippen LogP contribution is -2.45. The van der Waals surface area contributed by atoms with E-state index in [0.717, 1.165) is 17.7 Å². The van der Waals surface area contributed by atoms with Crippen molar-refractivity contribution < 1.29 is 9.53 Å². The third kappa shape index (κ3) is 4.85. The van der Waals surface area contributed by atoms with Gasteiger partial charge in [-0.15, -0.1) is 0 Å². The Morgan fingerprint density at radius 3 is 2.30 bits per heavy atom. The zero-order chi connectivity index (χ0) is 15.1. The molecule has 2 N–H and O–H groups in total. The molecule has 20 heavy (non-hydrogen) atoms. The molecule has 0 aliphatic carbocycles. The van der Waals surface area contributed by atoms with E-state index < -0.39 is 0 Å². The lowest BCUT2D eigenvalue weighted by molar-refractivity contribution is -0.123. The molecule has 0 saturated carbocycles. The Balaban J connectivity index is 2.55. The summed E-state index contributed by atoms with van der Waals surface area (Å²) in [5.41, 5.74) is 1.13. The number of ether oxygens (including phenoxy) is 1. The second kappa shape index (κ2) is 7.90. The first-order valence-electron chi connectivity index (χ1n) is 7.18. The summed E-state index contributed by atoms with van der Waals surface area (Å²) >= 11 is 0. The van der Waals surface area contributed by atoms with Gasteiger partial charge in [-0.2, -0.15) is 0 Å². The molecule has 0 heterocycles. The van der Waals surface area contributed by atoms with E-state index in [-0.39, 0.29) is 24.0 Å². The van der Waals surface area contributed by atoms with Gasteiger partial charge in [-0.3, -0.25) is 10.1 Å². The highest BCUT2D eigenvalue weighted by atomic mass is 16.5. The Morgan fingerprint density at radius 1 is 1.20 bits per heavy atom. The average molecular weight is 278 g/mol. The minimum absolute atomic E-state index is 0.0414. The molecule has 112 valence electrons. The molecule has 1 rings (SSSR count). The first kappa shape index (κ1) is 16.5. The molecule has 4 heteroatoms. The van der Waals surface area contributed by atoms with Crippen molar-refractivity contribution in [1.29, 1.82) is 0 Å². The zero-order valence-corrected chi connectivity index (χ0v) is 13.1. The summed E-state index contributed by atoms with van der Waals surface area (Å²) in [5, 5.41) is 6.29. The van der Waals surface area contributed by atoms with Crippen LogP contribution in [0.1, 0.15) is 45.7 Å². The van der Waals surface area contributed by atoms with E-state index in [1.165, 1.54) is 0 Å². The van der Waals surface area contributed by atoms with Crippen LogP contribution in [-0.2, 0) is 4.79 Å². The van der Waals surface area contributed by atoms with Crippen LogP contribution < -0.4 is 15.4 Å². The molecular formula is C16H26N2O2. The molecule has 4 nitrogen and oxygen atoms in total. The van der Waals surface area contributed by atoms with E-state index in [1.807, 2.05) is 38.1 Å². The highest BCUT2D eigenvalue weighted by Crippen LogP contribution is 2.17. The van der Waals surface area contributed by atoms with Gasteiger partial charge in [-0.1, -0.05) is 19.1 Å². The Kier molecular flexibility index (Phi) is 6.52. The summed E-state index contributed by atoms with van der Waals surface area (Å²) in [4.78, 5) is 12.0. The SMILES string of the molecule is CCC(C)NC(=O)C(C)NC(C)c1ccc(OC)cc1. The lowest BCUT2D eigenvalue weighted by Gasteiger charge is -2.22. The van der Waals surface area contributed by atoms with Crippen molar-refractivity contribution in [2.75, 3.05) is 7.11 Å². The van der Waals surface area contributed by atoms with E-state index >= 15 is 0 Å². The van der Waals surface area contributed by atoms with Gasteiger partial charge in [0.15, 0.2) is 0 Å². The summed E-state index contributed by atoms with van der Waals surface area (Å²) in [7, 11) is 1.65. The van der Waals surface area contributed by atoms with Crippen LogP contribution in [0.3, 0.4) is 0 Å². The molecule has 0 aliphatic heterocycles. The molecule has 1 aromatic rings. The monoisotopic (exact) mass is 278 g/mol. The second-order valence-electron chi connectivity index (χ2n) is 5.20. The number of rotatable bonds is 7. The fourth-order valence-corrected chi connectivity index (χ4v) is 1.91. The molecule has 0 fully saturated rings. The van der Waals surface area contributed by atoms with Crippen LogP contribution >= 0.6 is 0 Å². The van der Waals surface area contributed by atoms with E-state index in [0.29, 0.717) is 0 Å². The molecular weight excluding hydrogens is 252 g/mol. The number of nitrogens with one attached hydrogen (secondary N) is 2. The Hall–Kier alpha value is -1.55. The van der Waals surface area contributed by atoms with Gasteiger partial charge in [0.05, 0.1) is 13.2 Å². The maximum absolute atomic E-state index is 12.0. The van der Waals surface area contributed by atoms with Crippen LogP contribution in [0, 0.1) is 0 Å². The fourth-order valence-electron chi connectivity index (χ4n) is 1.91. The molecule has 1 aromatic carbocycles. The van der Waals surface area contributed by atoms with Crippen molar-refractivity contribution in [1.82, 2.24) is 10.6 Å². The maximum atomic E-state index is 12.0. The number of methoxy groups -OCH3 is 1. The molecule has 0 aliphatic rings. The minimum Gasteiger partial charge on any atom is -0.497 e. The van der Waals surface area contributed by atoms with Gasteiger partial charge >= 0.3 is 0 Å². The first-order valence-corrected chi connectivity index (χ1v) is 7.18. The van der Waals surface area contributed by atoms with Crippen LogP contribution in [-0.4, -0.2) is 25.1 Å². The van der Waals surface area contributed by atoms with E-state index in [9.17, 15) is 4.79 Å². The summed E-state index contributed by atoms with van der Waals surface area (Å²) < 4.78 is 5.14. The Labute approximate surface area is 121 Å². The number of amides is 1.